The zero-order valence-electron chi connectivity index (χ0n) is 18.0. The van der Waals surface area contributed by atoms with Gasteiger partial charge in [0.15, 0.2) is 11.5 Å². The molecule has 1 aromatic carbocycles. The number of phenolic OH excluding ortho intramolecular Hbond substituents is 1. The fourth-order valence-electron chi connectivity index (χ4n) is 4.17. The SMILES string of the molecule is C=CC(=O)OCCCCCOc1ccc(C2CCC(CCCCC)CC2)cc1O. The molecule has 0 amide bonds. The second-order valence-electron chi connectivity index (χ2n) is 8.22. The number of ether oxygens (including phenoxy) is 2. The Hall–Kier alpha value is -1.97. The van der Waals surface area contributed by atoms with Crippen LogP contribution in [0, 0.1) is 5.92 Å². The van der Waals surface area contributed by atoms with Crippen molar-refractivity contribution in [3.63, 3.8) is 0 Å². The summed E-state index contributed by atoms with van der Waals surface area (Å²) in [5.74, 6) is 1.88. The first-order chi connectivity index (χ1) is 14.1. The number of hydrogen-bond donors (Lipinski definition) is 1. The van der Waals surface area contributed by atoms with Crippen molar-refractivity contribution in [3.8, 4) is 11.5 Å². The predicted molar refractivity (Wildman–Crippen MR) is 117 cm³/mol. The molecule has 0 aromatic heterocycles. The second kappa shape index (κ2) is 13.3. The van der Waals surface area contributed by atoms with Crippen LogP contribution in [0.2, 0.25) is 0 Å². The third-order valence-corrected chi connectivity index (χ3v) is 5.97. The van der Waals surface area contributed by atoms with Crippen molar-refractivity contribution in [1.82, 2.24) is 0 Å². The van der Waals surface area contributed by atoms with Crippen LogP contribution in [-0.4, -0.2) is 24.3 Å². The van der Waals surface area contributed by atoms with E-state index < -0.39 is 0 Å². The Balaban J connectivity index is 1.67. The van der Waals surface area contributed by atoms with E-state index in [4.69, 9.17) is 9.47 Å². The van der Waals surface area contributed by atoms with Gasteiger partial charge in [-0.25, -0.2) is 4.79 Å². The van der Waals surface area contributed by atoms with E-state index in [0.29, 0.717) is 24.9 Å². The lowest BCUT2D eigenvalue weighted by atomic mass is 9.77. The molecule has 2 rings (SSSR count). The predicted octanol–water partition coefficient (Wildman–Crippen LogP) is 6.52. The Bertz CT molecular complexity index is 617. The monoisotopic (exact) mass is 402 g/mol. The highest BCUT2D eigenvalue weighted by Crippen LogP contribution is 2.40. The van der Waals surface area contributed by atoms with Gasteiger partial charge in [0.1, 0.15) is 0 Å². The maximum Gasteiger partial charge on any atom is 0.330 e. The summed E-state index contributed by atoms with van der Waals surface area (Å²) in [6.45, 7) is 6.58. The number of aromatic hydroxyl groups is 1. The van der Waals surface area contributed by atoms with Crippen LogP contribution in [0.1, 0.15) is 89.0 Å². The number of unbranched alkanes of at least 4 members (excludes halogenated alkanes) is 4. The standard InChI is InChI=1S/C25H38O4/c1-3-5-7-10-20-11-13-21(14-12-20)22-15-16-24(23(26)19-22)28-17-8-6-9-18-29-25(27)4-2/h4,15-16,19-21,26H,2-3,5-14,17-18H2,1H3. The molecule has 1 aliphatic rings. The first-order valence-corrected chi connectivity index (χ1v) is 11.4. The summed E-state index contributed by atoms with van der Waals surface area (Å²) >= 11 is 0. The minimum atomic E-state index is -0.378. The van der Waals surface area contributed by atoms with Crippen molar-refractivity contribution < 1.29 is 19.4 Å². The Morgan fingerprint density at radius 3 is 2.55 bits per heavy atom. The lowest BCUT2D eigenvalue weighted by molar-refractivity contribution is -0.137. The molecule has 0 aliphatic heterocycles. The quantitative estimate of drug-likeness (QED) is 0.232. The van der Waals surface area contributed by atoms with Crippen LogP contribution in [0.5, 0.6) is 11.5 Å². The fraction of sp³-hybridized carbons (Fsp3) is 0.640. The number of carbonyl (C=O) groups excluding carboxylic acids is 1. The number of esters is 1. The minimum Gasteiger partial charge on any atom is -0.504 e. The smallest absolute Gasteiger partial charge is 0.330 e. The maximum absolute atomic E-state index is 10.9. The zero-order chi connectivity index (χ0) is 20.9. The van der Waals surface area contributed by atoms with Crippen LogP contribution in [0.15, 0.2) is 30.9 Å². The molecule has 162 valence electrons. The Morgan fingerprint density at radius 1 is 1.10 bits per heavy atom. The van der Waals surface area contributed by atoms with Crippen LogP contribution in [-0.2, 0) is 9.53 Å². The van der Waals surface area contributed by atoms with E-state index in [9.17, 15) is 9.90 Å². The van der Waals surface area contributed by atoms with Gasteiger partial charge in [-0.1, -0.05) is 45.3 Å². The van der Waals surface area contributed by atoms with Crippen LogP contribution in [0.25, 0.3) is 0 Å². The molecule has 4 heteroatoms. The normalized spacial score (nSPS) is 18.9. The van der Waals surface area contributed by atoms with E-state index in [1.807, 2.05) is 12.1 Å². The number of carbonyl (C=O) groups is 1. The molecule has 0 radical (unpaired) electrons. The van der Waals surface area contributed by atoms with Crippen molar-refractivity contribution in [2.24, 2.45) is 5.92 Å². The van der Waals surface area contributed by atoms with Gasteiger partial charge in [0, 0.05) is 6.08 Å². The highest BCUT2D eigenvalue weighted by Gasteiger charge is 2.22. The molecule has 0 atom stereocenters. The number of rotatable bonds is 13. The van der Waals surface area contributed by atoms with Crippen molar-refractivity contribution in [3.05, 3.63) is 36.4 Å². The zero-order valence-corrected chi connectivity index (χ0v) is 18.0. The van der Waals surface area contributed by atoms with Gasteiger partial charge in [-0.3, -0.25) is 0 Å². The molecule has 0 saturated heterocycles. The van der Waals surface area contributed by atoms with Crippen LogP contribution in [0.4, 0.5) is 0 Å². The number of phenols is 1. The molecular weight excluding hydrogens is 364 g/mol. The largest absolute Gasteiger partial charge is 0.504 e. The molecule has 0 heterocycles. The first-order valence-electron chi connectivity index (χ1n) is 11.4. The van der Waals surface area contributed by atoms with Crippen molar-refractivity contribution in [2.75, 3.05) is 13.2 Å². The average molecular weight is 403 g/mol. The molecular formula is C25H38O4. The number of hydrogen-bond acceptors (Lipinski definition) is 4. The van der Waals surface area contributed by atoms with Gasteiger partial charge in [-0.05, 0) is 74.5 Å². The van der Waals surface area contributed by atoms with E-state index in [1.54, 1.807) is 0 Å². The van der Waals surface area contributed by atoms with Gasteiger partial charge in [0.25, 0.3) is 0 Å². The van der Waals surface area contributed by atoms with Crippen molar-refractivity contribution >= 4 is 5.97 Å². The highest BCUT2D eigenvalue weighted by molar-refractivity contribution is 5.81. The van der Waals surface area contributed by atoms with Gasteiger partial charge >= 0.3 is 5.97 Å². The van der Waals surface area contributed by atoms with Gasteiger partial charge in [0.05, 0.1) is 13.2 Å². The van der Waals surface area contributed by atoms with Gasteiger partial charge < -0.3 is 14.6 Å². The number of benzene rings is 1. The van der Waals surface area contributed by atoms with E-state index in [2.05, 4.69) is 19.6 Å². The average Bonchev–Trinajstić information content (AvgIpc) is 2.74. The van der Waals surface area contributed by atoms with Gasteiger partial charge in [0.2, 0.25) is 0 Å². The van der Waals surface area contributed by atoms with E-state index in [1.165, 1.54) is 63.0 Å². The molecule has 1 saturated carbocycles. The van der Waals surface area contributed by atoms with E-state index in [-0.39, 0.29) is 11.7 Å². The molecule has 4 nitrogen and oxygen atoms in total. The van der Waals surface area contributed by atoms with Gasteiger partial charge in [-0.2, -0.15) is 0 Å². The molecule has 29 heavy (non-hydrogen) atoms. The van der Waals surface area contributed by atoms with Crippen molar-refractivity contribution in [1.29, 1.82) is 0 Å². The lowest BCUT2D eigenvalue weighted by Crippen LogP contribution is -2.13. The van der Waals surface area contributed by atoms with E-state index >= 15 is 0 Å². The lowest BCUT2D eigenvalue weighted by Gasteiger charge is -2.29. The van der Waals surface area contributed by atoms with Crippen LogP contribution >= 0.6 is 0 Å². The summed E-state index contributed by atoms with van der Waals surface area (Å²) in [7, 11) is 0. The summed E-state index contributed by atoms with van der Waals surface area (Å²) in [5, 5.41) is 10.4. The summed E-state index contributed by atoms with van der Waals surface area (Å²) in [4.78, 5) is 10.9. The summed E-state index contributed by atoms with van der Waals surface area (Å²) in [6, 6.07) is 5.92. The molecule has 1 fully saturated rings. The fourth-order valence-corrected chi connectivity index (χ4v) is 4.17. The molecule has 0 spiro atoms. The summed E-state index contributed by atoms with van der Waals surface area (Å²) in [5.41, 5.74) is 1.24. The molecule has 0 unspecified atom stereocenters. The van der Waals surface area contributed by atoms with Crippen LogP contribution in [0.3, 0.4) is 0 Å². The minimum absolute atomic E-state index is 0.243. The van der Waals surface area contributed by atoms with Crippen LogP contribution < -0.4 is 4.74 Å². The Morgan fingerprint density at radius 2 is 1.86 bits per heavy atom. The second-order valence-corrected chi connectivity index (χ2v) is 8.22. The summed E-state index contributed by atoms with van der Waals surface area (Å²) < 4.78 is 10.7. The first kappa shape index (κ1) is 23.3. The molecule has 0 bridgehead atoms. The topological polar surface area (TPSA) is 55.8 Å². The molecule has 1 N–H and O–H groups in total. The Kier molecular flexibility index (Phi) is 10.7. The highest BCUT2D eigenvalue weighted by atomic mass is 16.5. The van der Waals surface area contributed by atoms with E-state index in [0.717, 1.165) is 25.2 Å². The third kappa shape index (κ3) is 8.51. The molecule has 1 aromatic rings. The van der Waals surface area contributed by atoms with Crippen molar-refractivity contribution in [2.45, 2.75) is 83.5 Å². The summed E-state index contributed by atoms with van der Waals surface area (Å²) in [6.07, 6.45) is 14.2. The molecule has 1 aliphatic carbocycles. The third-order valence-electron chi connectivity index (χ3n) is 5.97. The van der Waals surface area contributed by atoms with Gasteiger partial charge in [-0.15, -0.1) is 0 Å². The maximum atomic E-state index is 10.9. The Labute approximate surface area is 176 Å².